The van der Waals surface area contributed by atoms with Gasteiger partial charge in [-0.1, -0.05) is 13.8 Å². The molecule has 0 spiro atoms. The van der Waals surface area contributed by atoms with Gasteiger partial charge in [0.25, 0.3) is 0 Å². The first-order valence-corrected chi connectivity index (χ1v) is 7.77. The summed E-state index contributed by atoms with van der Waals surface area (Å²) in [6.45, 7) is 5.22. The molecular formula is C17H28N4O2. The quantitative estimate of drug-likeness (QED) is 0.541. The topological polar surface area (TPSA) is 123 Å². The second-order valence-corrected chi connectivity index (χ2v) is 7.25. The summed E-state index contributed by atoms with van der Waals surface area (Å²) in [4.78, 5) is 0. The van der Waals surface area contributed by atoms with Crippen LogP contribution in [0.15, 0.2) is 48.0 Å². The molecule has 23 heavy (non-hydrogen) atoms. The molecule has 0 aromatic heterocycles. The second kappa shape index (κ2) is 6.49. The smallest absolute Gasteiger partial charge is 0.115 e. The molecule has 0 saturated heterocycles. The Balaban J connectivity index is 1.77. The number of hydrogen-bond donors (Lipinski definition) is 4. The molecule has 6 heteroatoms. The van der Waals surface area contributed by atoms with Crippen molar-refractivity contribution < 1.29 is 9.47 Å². The number of hydrogen-bond acceptors (Lipinski definition) is 6. The molecule has 0 bridgehead atoms. The van der Waals surface area contributed by atoms with E-state index >= 15 is 0 Å². The Morgan fingerprint density at radius 1 is 0.870 bits per heavy atom. The fourth-order valence-corrected chi connectivity index (χ4v) is 2.11. The van der Waals surface area contributed by atoms with Gasteiger partial charge in [0, 0.05) is 18.3 Å². The molecule has 2 rings (SSSR count). The predicted octanol–water partition coefficient (Wildman–Crippen LogP) is 0.961. The van der Waals surface area contributed by atoms with Gasteiger partial charge in [-0.05, 0) is 36.5 Å². The maximum Gasteiger partial charge on any atom is 0.115 e. The summed E-state index contributed by atoms with van der Waals surface area (Å²) in [6.07, 6.45) is 12.1. The van der Waals surface area contributed by atoms with Crippen LogP contribution in [0.3, 0.4) is 0 Å². The monoisotopic (exact) mass is 320 g/mol. The number of allylic oxidation sites excluding steroid dienone is 2. The summed E-state index contributed by atoms with van der Waals surface area (Å²) in [5.41, 5.74) is 21.6. The second-order valence-electron chi connectivity index (χ2n) is 7.25. The molecule has 0 aliphatic heterocycles. The Labute approximate surface area is 137 Å². The lowest BCUT2D eigenvalue weighted by Crippen LogP contribution is -2.47. The average molecular weight is 320 g/mol. The molecule has 0 aromatic carbocycles. The number of rotatable bonds is 6. The van der Waals surface area contributed by atoms with E-state index in [0.29, 0.717) is 26.1 Å². The van der Waals surface area contributed by atoms with Gasteiger partial charge in [-0.2, -0.15) is 0 Å². The third kappa shape index (κ3) is 5.84. The highest BCUT2D eigenvalue weighted by atomic mass is 16.5. The van der Waals surface area contributed by atoms with Crippen molar-refractivity contribution >= 4 is 0 Å². The van der Waals surface area contributed by atoms with Gasteiger partial charge in [-0.25, -0.2) is 0 Å². The van der Waals surface area contributed by atoms with Crippen LogP contribution in [-0.4, -0.2) is 24.5 Å². The molecule has 6 nitrogen and oxygen atoms in total. The van der Waals surface area contributed by atoms with Gasteiger partial charge in [-0.3, -0.25) is 0 Å². The zero-order chi connectivity index (χ0) is 17.1. The fourth-order valence-electron chi connectivity index (χ4n) is 2.11. The molecule has 0 atom stereocenters. The van der Waals surface area contributed by atoms with Crippen molar-refractivity contribution in [2.24, 2.45) is 28.3 Å². The van der Waals surface area contributed by atoms with E-state index in [2.05, 4.69) is 13.8 Å². The molecule has 8 N–H and O–H groups in total. The Hall–Kier alpha value is -1.60. The highest BCUT2D eigenvalue weighted by Crippen LogP contribution is 2.23. The van der Waals surface area contributed by atoms with E-state index < -0.39 is 11.3 Å². The van der Waals surface area contributed by atoms with Gasteiger partial charge < -0.3 is 32.4 Å². The van der Waals surface area contributed by atoms with Gasteiger partial charge >= 0.3 is 0 Å². The van der Waals surface area contributed by atoms with Gasteiger partial charge in [0.15, 0.2) is 0 Å². The lowest BCUT2D eigenvalue weighted by Gasteiger charge is -2.28. The molecule has 0 heterocycles. The van der Waals surface area contributed by atoms with E-state index in [0.717, 1.165) is 11.5 Å². The summed E-state index contributed by atoms with van der Waals surface area (Å²) < 4.78 is 11.6. The lowest BCUT2D eigenvalue weighted by molar-refractivity contribution is 0.0501. The van der Waals surface area contributed by atoms with Crippen LogP contribution in [0, 0.1) is 5.41 Å². The predicted molar refractivity (Wildman–Crippen MR) is 91.6 cm³/mol. The maximum absolute atomic E-state index is 5.82. The van der Waals surface area contributed by atoms with E-state index in [-0.39, 0.29) is 5.41 Å². The van der Waals surface area contributed by atoms with Crippen LogP contribution in [0.4, 0.5) is 0 Å². The van der Waals surface area contributed by atoms with Crippen molar-refractivity contribution in [3.05, 3.63) is 48.0 Å². The molecule has 0 radical (unpaired) electrons. The summed E-state index contributed by atoms with van der Waals surface area (Å²) in [5.74, 6) is 1.58. The van der Waals surface area contributed by atoms with Crippen LogP contribution in [0.2, 0.25) is 0 Å². The standard InChI is InChI=1S/C17H28N4O2/c1-15(2,11-22-13-3-7-16(18,19)8-4-13)12-23-14-5-9-17(20,21)10-6-14/h3-7,9H,8,10-12,18-21H2,1-2H3. The highest BCUT2D eigenvalue weighted by molar-refractivity contribution is 5.24. The summed E-state index contributed by atoms with van der Waals surface area (Å²) in [6, 6.07) is 0. The minimum atomic E-state index is -0.771. The molecule has 2 aliphatic carbocycles. The number of ether oxygens (including phenoxy) is 2. The summed E-state index contributed by atoms with van der Waals surface area (Å²) in [5, 5.41) is 0. The van der Waals surface area contributed by atoms with Crippen LogP contribution in [0.25, 0.3) is 0 Å². The largest absolute Gasteiger partial charge is 0.493 e. The van der Waals surface area contributed by atoms with Crippen molar-refractivity contribution in [3.8, 4) is 0 Å². The van der Waals surface area contributed by atoms with Crippen LogP contribution >= 0.6 is 0 Å². The van der Waals surface area contributed by atoms with Gasteiger partial charge in [0.2, 0.25) is 0 Å². The summed E-state index contributed by atoms with van der Waals surface area (Å²) in [7, 11) is 0. The minimum absolute atomic E-state index is 0.150. The molecule has 128 valence electrons. The van der Waals surface area contributed by atoms with Crippen LogP contribution < -0.4 is 22.9 Å². The van der Waals surface area contributed by atoms with Crippen molar-refractivity contribution in [1.82, 2.24) is 0 Å². The van der Waals surface area contributed by atoms with Crippen molar-refractivity contribution in [2.45, 2.75) is 38.0 Å². The van der Waals surface area contributed by atoms with Crippen LogP contribution in [-0.2, 0) is 9.47 Å². The van der Waals surface area contributed by atoms with E-state index in [1.54, 1.807) is 12.2 Å². The van der Waals surface area contributed by atoms with Gasteiger partial charge in [0.1, 0.15) is 11.5 Å². The van der Waals surface area contributed by atoms with Crippen LogP contribution in [0.1, 0.15) is 26.7 Å². The van der Waals surface area contributed by atoms with Crippen molar-refractivity contribution in [2.75, 3.05) is 13.2 Å². The van der Waals surface area contributed by atoms with E-state index in [1.165, 1.54) is 0 Å². The Morgan fingerprint density at radius 3 is 1.57 bits per heavy atom. The molecule has 0 saturated carbocycles. The van der Waals surface area contributed by atoms with E-state index in [1.807, 2.05) is 24.3 Å². The van der Waals surface area contributed by atoms with Gasteiger partial charge in [0.05, 0.1) is 24.5 Å². The first-order chi connectivity index (χ1) is 10.6. The first kappa shape index (κ1) is 17.7. The molecule has 0 aromatic rings. The SMILES string of the molecule is CC(C)(COC1=CCC(N)(N)C=C1)COC1=CCC(N)(N)C=C1. The van der Waals surface area contributed by atoms with Crippen LogP contribution in [0.5, 0.6) is 0 Å². The number of nitrogens with two attached hydrogens (primary N) is 4. The molecule has 0 amide bonds. The fraction of sp³-hybridized carbons (Fsp3) is 0.529. The Morgan fingerprint density at radius 2 is 1.26 bits per heavy atom. The van der Waals surface area contributed by atoms with E-state index in [4.69, 9.17) is 32.4 Å². The molecule has 0 unspecified atom stereocenters. The van der Waals surface area contributed by atoms with Crippen molar-refractivity contribution in [3.63, 3.8) is 0 Å². The van der Waals surface area contributed by atoms with Gasteiger partial charge in [-0.15, -0.1) is 0 Å². The summed E-state index contributed by atoms with van der Waals surface area (Å²) >= 11 is 0. The minimum Gasteiger partial charge on any atom is -0.493 e. The Bertz CT molecular complexity index is 509. The molecular weight excluding hydrogens is 292 g/mol. The van der Waals surface area contributed by atoms with Crippen molar-refractivity contribution in [1.29, 1.82) is 0 Å². The zero-order valence-corrected chi connectivity index (χ0v) is 13.9. The maximum atomic E-state index is 5.82. The highest BCUT2D eigenvalue weighted by Gasteiger charge is 2.24. The Kier molecular flexibility index (Phi) is 5.01. The normalized spacial score (nSPS) is 22.3. The third-order valence-corrected chi connectivity index (χ3v) is 3.69. The van der Waals surface area contributed by atoms with E-state index in [9.17, 15) is 0 Å². The zero-order valence-electron chi connectivity index (χ0n) is 13.9. The third-order valence-electron chi connectivity index (χ3n) is 3.69. The average Bonchev–Trinajstić information content (AvgIpc) is 2.45. The first-order valence-electron chi connectivity index (χ1n) is 7.77. The lowest BCUT2D eigenvalue weighted by atomic mass is 9.96. The molecule has 2 aliphatic rings. The molecule has 0 fully saturated rings.